The number of nitrogens with one attached hydrogen (secondary N) is 1. The van der Waals surface area contributed by atoms with E-state index in [9.17, 15) is 0 Å². The summed E-state index contributed by atoms with van der Waals surface area (Å²) in [5.74, 6) is 0.733. The Kier molecular flexibility index (Phi) is 6.51. The van der Waals surface area contributed by atoms with E-state index in [0.29, 0.717) is 17.9 Å². The average molecular weight is 347 g/mol. The minimum Gasteiger partial charge on any atom is -0.316 e. The van der Waals surface area contributed by atoms with Crippen molar-refractivity contribution in [2.24, 2.45) is 5.92 Å². The molecule has 2 nitrogen and oxygen atoms in total. The average Bonchev–Trinajstić information content (AvgIpc) is 2.51. The van der Waals surface area contributed by atoms with E-state index >= 15 is 4.39 Å². The number of likely N-dealkylation sites (tertiary alicyclic amines) is 1. The summed E-state index contributed by atoms with van der Waals surface area (Å²) in [7, 11) is 0. The van der Waals surface area contributed by atoms with E-state index < -0.39 is 5.67 Å². The Morgan fingerprint density at radius 2 is 2.09 bits per heavy atom. The molecule has 0 aromatic heterocycles. The van der Waals surface area contributed by atoms with Gasteiger partial charge >= 0.3 is 0 Å². The summed E-state index contributed by atoms with van der Waals surface area (Å²) < 4.78 is 15.1. The third kappa shape index (κ3) is 4.35. The number of hydrogen-bond donors (Lipinski definition) is 1. The molecular weight excluding hydrogens is 322 g/mol. The zero-order valence-corrected chi connectivity index (χ0v) is 14.4. The van der Waals surface area contributed by atoms with Crippen molar-refractivity contribution < 1.29 is 4.39 Å². The van der Waals surface area contributed by atoms with Crippen LogP contribution in [0.5, 0.6) is 0 Å². The van der Waals surface area contributed by atoms with Gasteiger partial charge in [-0.15, -0.1) is 12.4 Å². The molecule has 22 heavy (non-hydrogen) atoms. The van der Waals surface area contributed by atoms with Crippen molar-refractivity contribution in [1.82, 2.24) is 10.2 Å². The van der Waals surface area contributed by atoms with Gasteiger partial charge in [-0.1, -0.05) is 23.7 Å². The molecule has 2 aliphatic rings. The smallest absolute Gasteiger partial charge is 0.138 e. The molecule has 3 rings (SSSR count). The third-order valence-corrected chi connectivity index (χ3v) is 5.14. The van der Waals surface area contributed by atoms with Crippen LogP contribution >= 0.6 is 24.0 Å². The molecule has 0 aliphatic carbocycles. The van der Waals surface area contributed by atoms with Gasteiger partial charge in [0.25, 0.3) is 0 Å². The van der Waals surface area contributed by atoms with Gasteiger partial charge in [0.2, 0.25) is 0 Å². The first-order valence-electron chi connectivity index (χ1n) is 8.04. The van der Waals surface area contributed by atoms with E-state index in [1.165, 1.54) is 12.8 Å². The highest BCUT2D eigenvalue weighted by Gasteiger charge is 2.36. The minimum absolute atomic E-state index is 0. The lowest BCUT2D eigenvalue weighted by atomic mass is 9.85. The summed E-state index contributed by atoms with van der Waals surface area (Å²) in [5, 5.41) is 4.08. The Hall–Kier alpha value is -0.350. The molecule has 2 heterocycles. The van der Waals surface area contributed by atoms with Crippen LogP contribution in [0.3, 0.4) is 0 Å². The Morgan fingerprint density at radius 1 is 1.32 bits per heavy atom. The zero-order valence-electron chi connectivity index (χ0n) is 12.9. The molecule has 0 bridgehead atoms. The highest BCUT2D eigenvalue weighted by atomic mass is 35.5. The van der Waals surface area contributed by atoms with Crippen LogP contribution in [0.1, 0.15) is 31.2 Å². The maximum atomic E-state index is 15.1. The van der Waals surface area contributed by atoms with Crippen LogP contribution < -0.4 is 5.32 Å². The topological polar surface area (TPSA) is 15.3 Å². The molecule has 1 aromatic carbocycles. The molecule has 0 radical (unpaired) electrons. The van der Waals surface area contributed by atoms with Crippen molar-refractivity contribution in [2.75, 3.05) is 32.7 Å². The van der Waals surface area contributed by atoms with Gasteiger partial charge in [-0.05, 0) is 62.4 Å². The number of alkyl halides is 1. The summed E-state index contributed by atoms with van der Waals surface area (Å²) in [5.41, 5.74) is -0.458. The molecule has 2 aliphatic heterocycles. The summed E-state index contributed by atoms with van der Waals surface area (Å²) in [6, 6.07) is 7.30. The standard InChI is InChI=1S/C17H24ClFN2.ClH/c18-16-5-1-4-15(11-16)17(19)6-9-21(10-7-17)13-14-3-2-8-20-12-14;/h1,4-5,11,14,20H,2-3,6-10,12-13H2;1H. The van der Waals surface area contributed by atoms with E-state index in [1.807, 2.05) is 12.1 Å². The summed E-state index contributed by atoms with van der Waals surface area (Å²) in [6.45, 7) is 5.07. The molecule has 2 fully saturated rings. The van der Waals surface area contributed by atoms with Gasteiger partial charge in [-0.3, -0.25) is 0 Å². The van der Waals surface area contributed by atoms with Crippen LogP contribution in [-0.2, 0) is 5.67 Å². The first kappa shape index (κ1) is 18.0. The Labute approximate surface area is 143 Å². The van der Waals surface area contributed by atoms with Crippen molar-refractivity contribution in [2.45, 2.75) is 31.4 Å². The molecule has 5 heteroatoms. The predicted molar refractivity (Wildman–Crippen MR) is 92.8 cm³/mol. The monoisotopic (exact) mass is 346 g/mol. The first-order valence-corrected chi connectivity index (χ1v) is 8.41. The SMILES string of the molecule is Cl.FC1(c2cccc(Cl)c2)CCN(CC2CCCNC2)CC1. The molecule has 1 N–H and O–H groups in total. The predicted octanol–water partition coefficient (Wildman–Crippen LogP) is 4.02. The summed E-state index contributed by atoms with van der Waals surface area (Å²) in [6.07, 6.45) is 3.73. The second-order valence-corrected chi connectivity index (χ2v) is 6.93. The molecule has 2 saturated heterocycles. The fourth-order valence-corrected chi connectivity index (χ4v) is 3.78. The van der Waals surface area contributed by atoms with Gasteiger partial charge in [-0.2, -0.15) is 0 Å². The molecular formula is C17H25Cl2FN2. The van der Waals surface area contributed by atoms with Crippen LogP contribution in [0.15, 0.2) is 24.3 Å². The quantitative estimate of drug-likeness (QED) is 0.888. The normalized spacial score (nSPS) is 25.5. The molecule has 1 atom stereocenters. The van der Waals surface area contributed by atoms with Crippen molar-refractivity contribution in [3.05, 3.63) is 34.9 Å². The molecule has 0 saturated carbocycles. The fourth-order valence-electron chi connectivity index (χ4n) is 3.59. The van der Waals surface area contributed by atoms with Gasteiger partial charge in [-0.25, -0.2) is 4.39 Å². The van der Waals surface area contributed by atoms with Crippen LogP contribution in [0, 0.1) is 5.92 Å². The number of halogens is 3. The Balaban J connectivity index is 0.00000176. The highest BCUT2D eigenvalue weighted by Crippen LogP contribution is 2.38. The van der Waals surface area contributed by atoms with Gasteiger partial charge in [0.05, 0.1) is 0 Å². The maximum Gasteiger partial charge on any atom is 0.138 e. The van der Waals surface area contributed by atoms with E-state index in [-0.39, 0.29) is 12.4 Å². The van der Waals surface area contributed by atoms with Crippen LogP contribution in [0.4, 0.5) is 4.39 Å². The second-order valence-electron chi connectivity index (χ2n) is 6.49. The Bertz CT molecular complexity index is 469. The van der Waals surface area contributed by atoms with E-state index in [4.69, 9.17) is 11.6 Å². The minimum atomic E-state index is -1.20. The number of rotatable bonds is 3. The van der Waals surface area contributed by atoms with Crippen molar-refractivity contribution >= 4 is 24.0 Å². The molecule has 0 amide bonds. The van der Waals surface area contributed by atoms with Crippen LogP contribution in [-0.4, -0.2) is 37.6 Å². The van der Waals surface area contributed by atoms with Gasteiger partial charge < -0.3 is 10.2 Å². The largest absolute Gasteiger partial charge is 0.316 e. The number of piperidine rings is 2. The number of benzene rings is 1. The zero-order chi connectivity index (χ0) is 14.7. The lowest BCUT2D eigenvalue weighted by molar-refractivity contribution is 0.0470. The van der Waals surface area contributed by atoms with Gasteiger partial charge in [0, 0.05) is 24.7 Å². The molecule has 1 unspecified atom stereocenters. The molecule has 1 aromatic rings. The first-order chi connectivity index (χ1) is 10.2. The van der Waals surface area contributed by atoms with Gasteiger partial charge in [0.1, 0.15) is 5.67 Å². The lowest BCUT2D eigenvalue weighted by Crippen LogP contribution is -2.44. The number of nitrogens with zero attached hydrogens (tertiary/aromatic N) is 1. The Morgan fingerprint density at radius 3 is 2.73 bits per heavy atom. The number of hydrogen-bond acceptors (Lipinski definition) is 2. The third-order valence-electron chi connectivity index (χ3n) is 4.91. The van der Waals surface area contributed by atoms with Crippen LogP contribution in [0.25, 0.3) is 0 Å². The fraction of sp³-hybridized carbons (Fsp3) is 0.647. The van der Waals surface area contributed by atoms with Crippen LogP contribution in [0.2, 0.25) is 5.02 Å². The van der Waals surface area contributed by atoms with E-state index in [0.717, 1.165) is 44.2 Å². The summed E-state index contributed by atoms with van der Waals surface area (Å²) >= 11 is 6.00. The molecule has 124 valence electrons. The second kappa shape index (κ2) is 7.96. The van der Waals surface area contributed by atoms with Crippen molar-refractivity contribution in [1.29, 1.82) is 0 Å². The van der Waals surface area contributed by atoms with E-state index in [2.05, 4.69) is 10.2 Å². The molecule has 0 spiro atoms. The maximum absolute atomic E-state index is 15.1. The summed E-state index contributed by atoms with van der Waals surface area (Å²) in [4.78, 5) is 2.43. The van der Waals surface area contributed by atoms with Gasteiger partial charge in [0.15, 0.2) is 0 Å². The van der Waals surface area contributed by atoms with E-state index in [1.54, 1.807) is 12.1 Å². The highest BCUT2D eigenvalue weighted by molar-refractivity contribution is 6.30. The lowest BCUT2D eigenvalue weighted by Gasteiger charge is -2.38. The van der Waals surface area contributed by atoms with Crippen molar-refractivity contribution in [3.63, 3.8) is 0 Å². The van der Waals surface area contributed by atoms with Crippen molar-refractivity contribution in [3.8, 4) is 0 Å².